The molecule has 4 rings (SSSR count). The zero-order valence-electron chi connectivity index (χ0n) is 24.1. The van der Waals surface area contributed by atoms with Crippen molar-refractivity contribution in [1.82, 2.24) is 25.0 Å². The molecule has 43 heavy (non-hydrogen) atoms. The van der Waals surface area contributed by atoms with Crippen molar-refractivity contribution in [2.45, 2.75) is 44.7 Å². The third-order valence-electron chi connectivity index (χ3n) is 7.54. The second kappa shape index (κ2) is 14.6. The summed E-state index contributed by atoms with van der Waals surface area (Å²) in [5.41, 5.74) is 0.353. The second-order valence-electron chi connectivity index (χ2n) is 10.3. The lowest BCUT2D eigenvalue weighted by Gasteiger charge is -2.35. The number of carboxylic acids is 1. The van der Waals surface area contributed by atoms with Gasteiger partial charge < -0.3 is 39.7 Å². The number of likely N-dealkylation sites (tertiary alicyclic amines) is 1. The molecule has 4 amide bonds. The molecule has 2 fully saturated rings. The van der Waals surface area contributed by atoms with Crippen LogP contribution in [-0.4, -0.2) is 124 Å². The van der Waals surface area contributed by atoms with Crippen LogP contribution in [0.4, 0.5) is 4.79 Å². The molecule has 0 unspecified atom stereocenters. The fraction of sp³-hybridized carbons (Fsp3) is 0.517. The van der Waals surface area contributed by atoms with Crippen molar-refractivity contribution in [3.8, 4) is 5.75 Å². The number of carbonyl (C=O) groups is 5. The van der Waals surface area contributed by atoms with E-state index in [1.165, 1.54) is 15.9 Å². The lowest BCUT2D eigenvalue weighted by Crippen LogP contribution is -2.56. The summed E-state index contributed by atoms with van der Waals surface area (Å²) < 4.78 is 10.9. The molecule has 14 heteroatoms. The third kappa shape index (κ3) is 7.89. The summed E-state index contributed by atoms with van der Waals surface area (Å²) in [5.74, 6) is -2.34. The predicted octanol–water partition coefficient (Wildman–Crippen LogP) is 0.861. The molecular weight excluding hydrogens is 562 g/mol. The number of ether oxygens (including phenoxy) is 2. The summed E-state index contributed by atoms with van der Waals surface area (Å²) in [5, 5.41) is 22.0. The molecular formula is C29H37N5O9. The molecule has 2 atom stereocenters. The van der Waals surface area contributed by atoms with Crippen LogP contribution in [0, 0.1) is 0 Å². The van der Waals surface area contributed by atoms with E-state index in [0.29, 0.717) is 23.9 Å². The van der Waals surface area contributed by atoms with Crippen LogP contribution in [-0.2, 0) is 19.1 Å². The maximum absolute atomic E-state index is 13.4. The van der Waals surface area contributed by atoms with Gasteiger partial charge in [0, 0.05) is 50.6 Å². The van der Waals surface area contributed by atoms with Crippen LogP contribution in [0.5, 0.6) is 5.75 Å². The van der Waals surface area contributed by atoms with Crippen molar-refractivity contribution in [2.75, 3.05) is 52.5 Å². The van der Waals surface area contributed by atoms with Crippen LogP contribution < -0.4 is 10.1 Å². The molecule has 232 valence electrons. The molecule has 14 nitrogen and oxygen atoms in total. The Morgan fingerprint density at radius 1 is 1.07 bits per heavy atom. The number of fused-ring (bicyclic) bond motifs is 1. The number of hydrogen-bond acceptors (Lipinski definition) is 9. The number of carbonyl (C=O) groups excluding carboxylic acids is 4. The average Bonchev–Trinajstić information content (AvgIpc) is 3.50. The monoisotopic (exact) mass is 599 g/mol. The van der Waals surface area contributed by atoms with Crippen LogP contribution in [0.25, 0.3) is 10.9 Å². The Labute approximate surface area is 248 Å². The van der Waals surface area contributed by atoms with E-state index in [4.69, 9.17) is 9.47 Å². The number of rotatable bonds is 11. The number of amides is 4. The first kappa shape index (κ1) is 31.5. The Hall–Kier alpha value is -4.46. The zero-order chi connectivity index (χ0) is 30.9. The van der Waals surface area contributed by atoms with Gasteiger partial charge in [-0.15, -0.1) is 0 Å². The standard InChI is InChI=1S/C29H37N5O9/c1-2-42-29(41)33-14-12-32(13-15-33)28(40)22(9-10-26(37)38)31-27(39)23-16-24(20-7-3-4-8-21(20)30-23)43-18-25(36)34-11-5-6-19(34)17-35/h3-4,7-8,16,19,22,35H,2,5-6,9-15,17-18H2,1H3,(H,31,39)(H,37,38)/t19-,22-/m0/s1. The molecule has 1 aromatic carbocycles. The molecule has 0 radical (unpaired) electrons. The minimum atomic E-state index is -1.15. The van der Waals surface area contributed by atoms with Gasteiger partial charge in [0.1, 0.15) is 17.5 Å². The first-order chi connectivity index (χ1) is 20.7. The summed E-state index contributed by atoms with van der Waals surface area (Å²) in [4.78, 5) is 71.9. The molecule has 2 aromatic rings. The van der Waals surface area contributed by atoms with E-state index in [1.54, 1.807) is 36.1 Å². The topological polar surface area (TPSA) is 179 Å². The second-order valence-corrected chi connectivity index (χ2v) is 10.3. The highest BCUT2D eigenvalue weighted by Gasteiger charge is 2.32. The summed E-state index contributed by atoms with van der Waals surface area (Å²) >= 11 is 0. The van der Waals surface area contributed by atoms with E-state index in [1.807, 2.05) is 0 Å². The Bertz CT molecular complexity index is 1340. The van der Waals surface area contributed by atoms with Gasteiger partial charge >= 0.3 is 12.1 Å². The quantitative estimate of drug-likeness (QED) is 0.335. The summed E-state index contributed by atoms with van der Waals surface area (Å²) in [7, 11) is 0. The summed E-state index contributed by atoms with van der Waals surface area (Å²) in [6.45, 7) is 2.92. The van der Waals surface area contributed by atoms with Gasteiger partial charge in [0.25, 0.3) is 11.8 Å². The molecule has 0 aliphatic carbocycles. The molecule has 2 aliphatic rings. The van der Waals surface area contributed by atoms with E-state index < -0.39 is 29.9 Å². The normalized spacial score (nSPS) is 17.4. The lowest BCUT2D eigenvalue weighted by atomic mass is 10.1. The number of benzene rings is 1. The zero-order valence-corrected chi connectivity index (χ0v) is 24.1. The van der Waals surface area contributed by atoms with Gasteiger partial charge in [0.05, 0.1) is 24.8 Å². The molecule has 2 aliphatic heterocycles. The number of para-hydroxylation sites is 1. The van der Waals surface area contributed by atoms with E-state index in [-0.39, 0.29) is 82.2 Å². The maximum Gasteiger partial charge on any atom is 0.409 e. The average molecular weight is 600 g/mol. The van der Waals surface area contributed by atoms with Crippen LogP contribution >= 0.6 is 0 Å². The number of aliphatic hydroxyl groups excluding tert-OH is 1. The molecule has 0 bridgehead atoms. The summed E-state index contributed by atoms with van der Waals surface area (Å²) in [6.07, 6.45) is 0.536. The number of aromatic nitrogens is 1. The van der Waals surface area contributed by atoms with Crippen molar-refractivity contribution in [3.05, 3.63) is 36.0 Å². The minimum absolute atomic E-state index is 0.0733. The number of aliphatic carboxylic acids is 1. The highest BCUT2D eigenvalue weighted by molar-refractivity contribution is 5.99. The van der Waals surface area contributed by atoms with Crippen molar-refractivity contribution in [3.63, 3.8) is 0 Å². The Morgan fingerprint density at radius 3 is 2.49 bits per heavy atom. The smallest absolute Gasteiger partial charge is 0.409 e. The predicted molar refractivity (Wildman–Crippen MR) is 152 cm³/mol. The van der Waals surface area contributed by atoms with Gasteiger partial charge in [-0.2, -0.15) is 0 Å². The Balaban J connectivity index is 1.49. The van der Waals surface area contributed by atoms with Gasteiger partial charge in [-0.1, -0.05) is 12.1 Å². The van der Waals surface area contributed by atoms with Gasteiger partial charge in [0.15, 0.2) is 6.61 Å². The number of nitrogens with one attached hydrogen (secondary N) is 1. The number of carboxylic acid groups (broad SMARTS) is 1. The molecule has 3 N–H and O–H groups in total. The number of piperazine rings is 1. The van der Waals surface area contributed by atoms with E-state index in [9.17, 15) is 34.2 Å². The largest absolute Gasteiger partial charge is 0.483 e. The Kier molecular flexibility index (Phi) is 10.7. The summed E-state index contributed by atoms with van der Waals surface area (Å²) in [6, 6.07) is 6.91. The third-order valence-corrected chi connectivity index (χ3v) is 7.54. The number of nitrogens with zero attached hydrogens (tertiary/aromatic N) is 4. The molecule has 1 aromatic heterocycles. The number of hydrogen-bond donors (Lipinski definition) is 3. The van der Waals surface area contributed by atoms with Crippen LogP contribution in [0.2, 0.25) is 0 Å². The molecule has 3 heterocycles. The van der Waals surface area contributed by atoms with Crippen molar-refractivity contribution >= 4 is 40.7 Å². The van der Waals surface area contributed by atoms with E-state index in [2.05, 4.69) is 10.3 Å². The van der Waals surface area contributed by atoms with Gasteiger partial charge in [0.2, 0.25) is 5.91 Å². The van der Waals surface area contributed by atoms with Crippen LogP contribution in [0.1, 0.15) is 43.1 Å². The van der Waals surface area contributed by atoms with Crippen LogP contribution in [0.3, 0.4) is 0 Å². The van der Waals surface area contributed by atoms with Gasteiger partial charge in [-0.25, -0.2) is 9.78 Å². The fourth-order valence-corrected chi connectivity index (χ4v) is 5.26. The van der Waals surface area contributed by atoms with Crippen molar-refractivity contribution in [1.29, 1.82) is 0 Å². The first-order valence-electron chi connectivity index (χ1n) is 14.4. The van der Waals surface area contributed by atoms with Gasteiger partial charge in [-0.05, 0) is 38.3 Å². The SMILES string of the molecule is CCOC(=O)N1CCN(C(=O)[C@H](CCC(=O)O)NC(=O)c2cc(OCC(=O)N3CCC[C@H]3CO)c3ccccc3n2)CC1. The molecule has 2 saturated heterocycles. The van der Waals surface area contributed by atoms with Crippen molar-refractivity contribution < 1.29 is 43.7 Å². The molecule has 0 saturated carbocycles. The van der Waals surface area contributed by atoms with Crippen molar-refractivity contribution in [2.24, 2.45) is 0 Å². The highest BCUT2D eigenvalue weighted by Crippen LogP contribution is 2.26. The Morgan fingerprint density at radius 2 is 1.79 bits per heavy atom. The van der Waals surface area contributed by atoms with Crippen LogP contribution in [0.15, 0.2) is 30.3 Å². The number of pyridine rings is 1. The first-order valence-corrected chi connectivity index (χ1v) is 14.4. The highest BCUT2D eigenvalue weighted by atomic mass is 16.6. The lowest BCUT2D eigenvalue weighted by molar-refractivity contribution is -0.138. The van der Waals surface area contributed by atoms with E-state index in [0.717, 1.165) is 6.42 Å². The number of aliphatic hydroxyl groups is 1. The maximum atomic E-state index is 13.4. The van der Waals surface area contributed by atoms with E-state index >= 15 is 0 Å². The molecule has 0 spiro atoms. The minimum Gasteiger partial charge on any atom is -0.483 e. The fourth-order valence-electron chi connectivity index (χ4n) is 5.26. The van der Waals surface area contributed by atoms with Gasteiger partial charge in [-0.3, -0.25) is 19.2 Å².